The summed E-state index contributed by atoms with van der Waals surface area (Å²) in [5.41, 5.74) is 0.980. The van der Waals surface area contributed by atoms with Gasteiger partial charge in [-0.25, -0.2) is 8.42 Å². The Labute approximate surface area is 124 Å². The number of carbonyl (C=O) groups excluding carboxylic acids is 1. The van der Waals surface area contributed by atoms with Crippen LogP contribution in [0.25, 0.3) is 0 Å². The zero-order chi connectivity index (χ0) is 14.9. The van der Waals surface area contributed by atoms with E-state index in [0.29, 0.717) is 25.4 Å². The normalized spacial score (nSPS) is 25.9. The second-order valence-corrected chi connectivity index (χ2v) is 8.06. The molecule has 0 unspecified atom stereocenters. The van der Waals surface area contributed by atoms with Gasteiger partial charge in [0.1, 0.15) is 0 Å². The van der Waals surface area contributed by atoms with Crippen LogP contribution >= 0.6 is 0 Å². The van der Waals surface area contributed by atoms with Crippen molar-refractivity contribution in [1.82, 2.24) is 14.9 Å². The van der Waals surface area contributed by atoms with Gasteiger partial charge in [-0.05, 0) is 19.3 Å². The molecule has 1 atom stereocenters. The molecule has 0 saturated carbocycles. The van der Waals surface area contributed by atoms with Gasteiger partial charge in [0, 0.05) is 37.6 Å². The molecular formula is C14H19N3O3S. The highest BCUT2D eigenvalue weighted by Crippen LogP contribution is 2.28. The fraction of sp³-hybridized carbons (Fsp3) is 0.643. The molecule has 114 valence electrons. The van der Waals surface area contributed by atoms with Crippen molar-refractivity contribution in [3.63, 3.8) is 0 Å². The molecule has 6 nitrogen and oxygen atoms in total. The summed E-state index contributed by atoms with van der Waals surface area (Å²) >= 11 is 0. The minimum atomic E-state index is -3.00. The first-order valence-corrected chi connectivity index (χ1v) is 9.12. The quantitative estimate of drug-likeness (QED) is 0.800. The summed E-state index contributed by atoms with van der Waals surface area (Å²) in [6, 6.07) is 0. The highest BCUT2D eigenvalue weighted by Gasteiger charge is 2.36. The van der Waals surface area contributed by atoms with Crippen LogP contribution in [0, 0.1) is 5.92 Å². The Morgan fingerprint density at radius 1 is 1.19 bits per heavy atom. The lowest BCUT2D eigenvalue weighted by Crippen LogP contribution is -2.41. The lowest BCUT2D eigenvalue weighted by atomic mass is 9.93. The molecule has 1 aromatic rings. The summed E-state index contributed by atoms with van der Waals surface area (Å²) in [6.45, 7) is 1.35. The van der Waals surface area contributed by atoms with Gasteiger partial charge in [-0.1, -0.05) is 0 Å². The highest BCUT2D eigenvalue weighted by molar-refractivity contribution is 7.91. The predicted octanol–water partition coefficient (Wildman–Crippen LogP) is 0.617. The van der Waals surface area contributed by atoms with E-state index in [0.717, 1.165) is 18.5 Å². The third-order valence-corrected chi connectivity index (χ3v) is 6.16. The van der Waals surface area contributed by atoms with Crippen molar-refractivity contribution in [3.8, 4) is 0 Å². The van der Waals surface area contributed by atoms with Crippen molar-refractivity contribution in [1.29, 1.82) is 0 Å². The highest BCUT2D eigenvalue weighted by atomic mass is 32.2. The summed E-state index contributed by atoms with van der Waals surface area (Å²) in [6.07, 6.45) is 7.34. The van der Waals surface area contributed by atoms with Crippen LogP contribution in [0.4, 0.5) is 0 Å². The van der Waals surface area contributed by atoms with Crippen LogP contribution in [0.2, 0.25) is 0 Å². The number of nitrogens with zero attached hydrogens (tertiary/aromatic N) is 3. The van der Waals surface area contributed by atoms with E-state index >= 15 is 0 Å². The van der Waals surface area contributed by atoms with Gasteiger partial charge in [0.25, 0.3) is 0 Å². The molecular weight excluding hydrogens is 290 g/mol. The van der Waals surface area contributed by atoms with E-state index in [4.69, 9.17) is 0 Å². The molecule has 1 aromatic heterocycles. The van der Waals surface area contributed by atoms with Gasteiger partial charge in [-0.15, -0.1) is 0 Å². The number of carbonyl (C=O) groups is 1. The molecule has 0 N–H and O–H groups in total. The smallest absolute Gasteiger partial charge is 0.226 e. The molecule has 1 amide bonds. The minimum absolute atomic E-state index is 0.00803. The predicted molar refractivity (Wildman–Crippen MR) is 77.3 cm³/mol. The van der Waals surface area contributed by atoms with Crippen molar-refractivity contribution in [2.75, 3.05) is 24.6 Å². The first-order valence-electron chi connectivity index (χ1n) is 7.30. The van der Waals surface area contributed by atoms with E-state index in [-0.39, 0.29) is 23.3 Å². The number of rotatable bonds is 2. The van der Waals surface area contributed by atoms with Gasteiger partial charge in [-0.3, -0.25) is 14.8 Å². The lowest BCUT2D eigenvalue weighted by molar-refractivity contribution is -0.135. The summed E-state index contributed by atoms with van der Waals surface area (Å²) in [5.74, 6) is 0.196. The Balaban J connectivity index is 1.57. The van der Waals surface area contributed by atoms with E-state index in [1.807, 2.05) is 4.90 Å². The molecule has 0 aliphatic carbocycles. The molecule has 0 radical (unpaired) electrons. The molecule has 3 rings (SSSR count). The SMILES string of the molecule is O=C([C@H]1CCS(=O)(=O)C1)N1CCC(c2cnccn2)CC1. The number of sulfone groups is 1. The first kappa shape index (κ1) is 14.4. The molecule has 2 aliphatic heterocycles. The van der Waals surface area contributed by atoms with Gasteiger partial charge in [0.15, 0.2) is 9.84 Å². The van der Waals surface area contributed by atoms with Crippen molar-refractivity contribution in [2.45, 2.75) is 25.2 Å². The van der Waals surface area contributed by atoms with Gasteiger partial charge < -0.3 is 4.90 Å². The zero-order valence-electron chi connectivity index (χ0n) is 11.8. The number of amides is 1. The largest absolute Gasteiger partial charge is 0.342 e. The van der Waals surface area contributed by atoms with E-state index in [1.165, 1.54) is 0 Å². The Kier molecular flexibility index (Phi) is 3.93. The maximum Gasteiger partial charge on any atom is 0.226 e. The number of hydrogen-bond donors (Lipinski definition) is 0. The second-order valence-electron chi connectivity index (χ2n) is 5.83. The topological polar surface area (TPSA) is 80.2 Å². The minimum Gasteiger partial charge on any atom is -0.342 e. The molecule has 2 aliphatic rings. The van der Waals surface area contributed by atoms with Gasteiger partial charge >= 0.3 is 0 Å². The second kappa shape index (κ2) is 5.71. The van der Waals surface area contributed by atoms with Crippen LogP contribution in [0.3, 0.4) is 0 Å². The Bertz CT molecular complexity index is 610. The standard InChI is InChI=1S/C14H19N3O3S/c18-14(12-3-8-21(19,20)10-12)17-6-1-11(2-7-17)13-9-15-4-5-16-13/h4-5,9,11-12H,1-3,6-8,10H2/t12-/m0/s1. The maximum atomic E-state index is 12.4. The average molecular weight is 309 g/mol. The third-order valence-electron chi connectivity index (χ3n) is 4.39. The molecule has 7 heteroatoms. The summed E-state index contributed by atoms with van der Waals surface area (Å²) in [7, 11) is -3.00. The lowest BCUT2D eigenvalue weighted by Gasteiger charge is -2.33. The maximum absolute atomic E-state index is 12.4. The van der Waals surface area contributed by atoms with Crippen molar-refractivity contribution in [3.05, 3.63) is 24.3 Å². The van der Waals surface area contributed by atoms with E-state index in [1.54, 1.807) is 18.6 Å². The van der Waals surface area contributed by atoms with Crippen LogP contribution in [-0.2, 0) is 14.6 Å². The van der Waals surface area contributed by atoms with E-state index in [9.17, 15) is 13.2 Å². The van der Waals surface area contributed by atoms with Crippen molar-refractivity contribution in [2.24, 2.45) is 5.92 Å². The van der Waals surface area contributed by atoms with Crippen molar-refractivity contribution < 1.29 is 13.2 Å². The monoisotopic (exact) mass is 309 g/mol. The van der Waals surface area contributed by atoms with Crippen LogP contribution in [0.1, 0.15) is 30.9 Å². The molecule has 21 heavy (non-hydrogen) atoms. The van der Waals surface area contributed by atoms with Crippen LogP contribution in [0.15, 0.2) is 18.6 Å². The van der Waals surface area contributed by atoms with Gasteiger partial charge in [-0.2, -0.15) is 0 Å². The molecule has 0 aromatic carbocycles. The zero-order valence-corrected chi connectivity index (χ0v) is 12.6. The van der Waals surface area contributed by atoms with E-state index < -0.39 is 9.84 Å². The first-order chi connectivity index (χ1) is 10.1. The van der Waals surface area contributed by atoms with E-state index in [2.05, 4.69) is 9.97 Å². The number of aromatic nitrogens is 2. The van der Waals surface area contributed by atoms with Gasteiger partial charge in [0.2, 0.25) is 5.91 Å². The van der Waals surface area contributed by atoms with Gasteiger partial charge in [0.05, 0.1) is 23.1 Å². The molecule has 2 fully saturated rings. The van der Waals surface area contributed by atoms with Crippen LogP contribution in [0.5, 0.6) is 0 Å². The number of piperidine rings is 1. The third kappa shape index (κ3) is 3.23. The fourth-order valence-electron chi connectivity index (χ4n) is 3.17. The van der Waals surface area contributed by atoms with Crippen LogP contribution in [-0.4, -0.2) is 53.8 Å². The van der Waals surface area contributed by atoms with Crippen molar-refractivity contribution >= 4 is 15.7 Å². The summed E-state index contributed by atoms with van der Waals surface area (Å²) < 4.78 is 23.0. The summed E-state index contributed by atoms with van der Waals surface area (Å²) in [5, 5.41) is 0. The average Bonchev–Trinajstić information content (AvgIpc) is 2.88. The fourth-order valence-corrected chi connectivity index (χ4v) is 4.90. The molecule has 2 saturated heterocycles. The molecule has 3 heterocycles. The summed E-state index contributed by atoms with van der Waals surface area (Å²) in [4.78, 5) is 22.6. The van der Waals surface area contributed by atoms with Crippen LogP contribution < -0.4 is 0 Å². The molecule has 0 bridgehead atoms. The number of hydrogen-bond acceptors (Lipinski definition) is 5. The number of likely N-dealkylation sites (tertiary alicyclic amines) is 1. The Hall–Kier alpha value is -1.50. The Morgan fingerprint density at radius 3 is 2.52 bits per heavy atom. The molecule has 0 spiro atoms. The Morgan fingerprint density at radius 2 is 1.95 bits per heavy atom.